The minimum absolute atomic E-state index is 0.0270. The summed E-state index contributed by atoms with van der Waals surface area (Å²) in [5.41, 5.74) is 1.46. The Morgan fingerprint density at radius 1 is 1.14 bits per heavy atom. The summed E-state index contributed by atoms with van der Waals surface area (Å²) >= 11 is 0. The van der Waals surface area contributed by atoms with Gasteiger partial charge in [0.15, 0.2) is 5.76 Å². The van der Waals surface area contributed by atoms with E-state index in [-0.39, 0.29) is 36.3 Å². The SMILES string of the molecule is Cc1noc(C)c1NC(=O)Nc1ccc2c(c1)C(=O)N([C@@H](C)CO)C[C@H](C)[C@@H](CN(C)S(=O)(=O)c1ccc(F)cc1)OCCCC[C@@H](C)O2. The molecular weight excluding hydrogens is 657 g/mol. The van der Waals surface area contributed by atoms with Crippen molar-refractivity contribution in [2.75, 3.05) is 44.0 Å². The molecule has 0 unspecified atom stereocenters. The number of rotatable bonds is 8. The standard InChI is InChI=1S/C34H46FN5O8S/c1-21-18-40(22(2)20-41)33(42)29-17-27(36-34(43)37-32-24(4)38-48-25(32)5)12-15-30(29)47-23(3)9-7-8-16-46-31(21)19-39(6)49(44,45)28-13-10-26(35)11-14-28/h10-15,17,21-23,31,41H,7-9,16,18-20H2,1-6H3,(H2,36,37,43)/t21-,22-,23+,31+/m0/s1. The van der Waals surface area contributed by atoms with Gasteiger partial charge in [0, 0.05) is 38.3 Å². The van der Waals surface area contributed by atoms with Crippen molar-refractivity contribution in [3.05, 3.63) is 65.3 Å². The predicted molar refractivity (Wildman–Crippen MR) is 182 cm³/mol. The van der Waals surface area contributed by atoms with Gasteiger partial charge >= 0.3 is 6.03 Å². The van der Waals surface area contributed by atoms with E-state index in [1.807, 2.05) is 13.8 Å². The van der Waals surface area contributed by atoms with Crippen molar-refractivity contribution >= 4 is 33.3 Å². The van der Waals surface area contributed by atoms with Crippen molar-refractivity contribution in [2.45, 2.75) is 77.0 Å². The van der Waals surface area contributed by atoms with Crippen LogP contribution in [0, 0.1) is 25.6 Å². The minimum Gasteiger partial charge on any atom is -0.490 e. The third kappa shape index (κ3) is 9.56. The van der Waals surface area contributed by atoms with E-state index >= 15 is 0 Å². The van der Waals surface area contributed by atoms with Crippen molar-refractivity contribution in [3.8, 4) is 5.75 Å². The van der Waals surface area contributed by atoms with Crippen molar-refractivity contribution in [1.29, 1.82) is 0 Å². The number of anilines is 2. The molecule has 0 aliphatic carbocycles. The highest BCUT2D eigenvalue weighted by molar-refractivity contribution is 7.89. The number of aliphatic hydroxyl groups excluding tert-OH is 1. The number of carbonyl (C=O) groups excluding carboxylic acids is 2. The molecule has 4 rings (SSSR count). The van der Waals surface area contributed by atoms with Gasteiger partial charge in [-0.25, -0.2) is 17.6 Å². The molecule has 13 nitrogen and oxygen atoms in total. The Morgan fingerprint density at radius 3 is 2.51 bits per heavy atom. The third-order valence-electron chi connectivity index (χ3n) is 8.54. The Labute approximate surface area is 286 Å². The van der Waals surface area contributed by atoms with Gasteiger partial charge in [-0.15, -0.1) is 0 Å². The Morgan fingerprint density at radius 2 is 1.86 bits per heavy atom. The zero-order valence-corrected chi connectivity index (χ0v) is 29.5. The molecule has 0 radical (unpaired) electrons. The number of likely N-dealkylation sites (N-methyl/N-ethyl adjacent to an activating group) is 1. The highest BCUT2D eigenvalue weighted by Gasteiger charge is 2.32. The molecule has 0 saturated carbocycles. The average molecular weight is 704 g/mol. The summed E-state index contributed by atoms with van der Waals surface area (Å²) in [4.78, 5) is 28.7. The minimum atomic E-state index is -3.97. The molecule has 3 N–H and O–H groups in total. The number of fused-ring (bicyclic) bond motifs is 1. The number of halogens is 1. The lowest BCUT2D eigenvalue weighted by atomic mass is 10.0. The van der Waals surface area contributed by atoms with Crippen LogP contribution in [0.2, 0.25) is 0 Å². The summed E-state index contributed by atoms with van der Waals surface area (Å²) in [6.07, 6.45) is 1.22. The third-order valence-corrected chi connectivity index (χ3v) is 10.4. The smallest absolute Gasteiger partial charge is 0.323 e. The van der Waals surface area contributed by atoms with Crippen molar-refractivity contribution in [3.63, 3.8) is 0 Å². The van der Waals surface area contributed by atoms with Gasteiger partial charge in [-0.05, 0) is 89.4 Å². The monoisotopic (exact) mass is 703 g/mol. The van der Waals surface area contributed by atoms with E-state index in [1.165, 1.54) is 34.5 Å². The first-order valence-electron chi connectivity index (χ1n) is 16.3. The lowest BCUT2D eigenvalue weighted by molar-refractivity contribution is -0.00834. The predicted octanol–water partition coefficient (Wildman–Crippen LogP) is 5.19. The molecular formula is C34H46FN5O8S. The summed E-state index contributed by atoms with van der Waals surface area (Å²) in [5.74, 6) is -0.617. The summed E-state index contributed by atoms with van der Waals surface area (Å²) in [7, 11) is -2.53. The fourth-order valence-electron chi connectivity index (χ4n) is 5.54. The number of hydrogen-bond acceptors (Lipinski definition) is 9. The van der Waals surface area contributed by atoms with Crippen LogP contribution in [0.5, 0.6) is 5.75 Å². The molecule has 268 valence electrons. The van der Waals surface area contributed by atoms with E-state index in [0.717, 1.165) is 18.6 Å². The molecule has 3 aromatic rings. The number of hydrogen-bond donors (Lipinski definition) is 3. The molecule has 1 aliphatic heterocycles. The van der Waals surface area contributed by atoms with Gasteiger partial charge in [-0.1, -0.05) is 12.1 Å². The molecule has 2 aromatic carbocycles. The second-order valence-corrected chi connectivity index (χ2v) is 14.6. The molecule has 15 heteroatoms. The zero-order valence-electron chi connectivity index (χ0n) is 28.7. The van der Waals surface area contributed by atoms with E-state index in [0.29, 0.717) is 48.0 Å². The fraction of sp³-hybridized carbons (Fsp3) is 0.500. The van der Waals surface area contributed by atoms with Crippen LogP contribution < -0.4 is 15.4 Å². The highest BCUT2D eigenvalue weighted by Crippen LogP contribution is 2.29. The molecule has 4 atom stereocenters. The maximum atomic E-state index is 14.4. The van der Waals surface area contributed by atoms with Gasteiger partial charge in [0.1, 0.15) is 22.9 Å². The topological polar surface area (TPSA) is 164 Å². The Kier molecular flexibility index (Phi) is 12.8. The summed E-state index contributed by atoms with van der Waals surface area (Å²) in [5, 5.41) is 19.5. The number of nitrogens with one attached hydrogen (secondary N) is 2. The van der Waals surface area contributed by atoms with Gasteiger partial charge in [-0.2, -0.15) is 4.31 Å². The van der Waals surface area contributed by atoms with Crippen LogP contribution in [0.3, 0.4) is 0 Å². The molecule has 0 bridgehead atoms. The molecule has 2 heterocycles. The summed E-state index contributed by atoms with van der Waals surface area (Å²) < 4.78 is 59.0. The lowest BCUT2D eigenvalue weighted by Crippen LogP contribution is -2.48. The maximum Gasteiger partial charge on any atom is 0.323 e. The molecule has 0 fully saturated rings. The number of benzene rings is 2. The van der Waals surface area contributed by atoms with Crippen LogP contribution in [0.1, 0.15) is 61.8 Å². The number of urea groups is 1. The fourth-order valence-corrected chi connectivity index (χ4v) is 6.72. The van der Waals surface area contributed by atoms with Gasteiger partial charge in [-0.3, -0.25) is 4.79 Å². The number of amides is 3. The molecule has 49 heavy (non-hydrogen) atoms. The van der Waals surface area contributed by atoms with Gasteiger partial charge < -0.3 is 34.6 Å². The first kappa shape index (κ1) is 37.8. The van der Waals surface area contributed by atoms with Gasteiger partial charge in [0.2, 0.25) is 10.0 Å². The zero-order chi connectivity index (χ0) is 35.9. The van der Waals surface area contributed by atoms with Crippen molar-refractivity contribution in [1.82, 2.24) is 14.4 Å². The van der Waals surface area contributed by atoms with Crippen LogP contribution in [0.15, 0.2) is 51.9 Å². The van der Waals surface area contributed by atoms with E-state index < -0.39 is 45.8 Å². The lowest BCUT2D eigenvalue weighted by Gasteiger charge is -2.35. The summed E-state index contributed by atoms with van der Waals surface area (Å²) in [6.45, 7) is 8.94. The number of aromatic nitrogens is 1. The normalized spacial score (nSPS) is 20.2. The average Bonchev–Trinajstić information content (AvgIpc) is 3.38. The Hall–Kier alpha value is -4.05. The number of aliphatic hydroxyl groups is 1. The van der Waals surface area contributed by atoms with Gasteiger partial charge in [0.25, 0.3) is 5.91 Å². The molecule has 1 aromatic heterocycles. The largest absolute Gasteiger partial charge is 0.490 e. The second-order valence-electron chi connectivity index (χ2n) is 12.5. The number of carbonyl (C=O) groups is 2. The van der Waals surface area contributed by atoms with Crippen molar-refractivity contribution < 1.29 is 41.5 Å². The van der Waals surface area contributed by atoms with E-state index in [9.17, 15) is 27.5 Å². The number of sulfonamides is 1. The van der Waals surface area contributed by atoms with Crippen LogP contribution in [-0.4, -0.2) is 91.4 Å². The Bertz CT molecular complexity index is 1680. The first-order chi connectivity index (χ1) is 23.2. The number of nitrogens with zero attached hydrogens (tertiary/aromatic N) is 3. The van der Waals surface area contributed by atoms with E-state index in [4.69, 9.17) is 14.0 Å². The number of aryl methyl sites for hydroxylation is 2. The Balaban J connectivity index is 1.63. The number of ether oxygens (including phenoxy) is 2. The van der Waals surface area contributed by atoms with Crippen LogP contribution in [0.4, 0.5) is 20.6 Å². The van der Waals surface area contributed by atoms with Crippen molar-refractivity contribution in [2.24, 2.45) is 5.92 Å². The molecule has 0 spiro atoms. The highest BCUT2D eigenvalue weighted by atomic mass is 32.2. The first-order valence-corrected chi connectivity index (χ1v) is 17.7. The van der Waals surface area contributed by atoms with Crippen LogP contribution >= 0.6 is 0 Å². The summed E-state index contributed by atoms with van der Waals surface area (Å²) in [6, 6.07) is 8.22. The van der Waals surface area contributed by atoms with Crippen LogP contribution in [-0.2, 0) is 14.8 Å². The van der Waals surface area contributed by atoms with Gasteiger partial charge in [0.05, 0.1) is 35.3 Å². The quantitative estimate of drug-likeness (QED) is 0.287. The van der Waals surface area contributed by atoms with E-state index in [2.05, 4.69) is 15.8 Å². The molecule has 0 saturated heterocycles. The molecule has 3 amide bonds. The maximum absolute atomic E-state index is 14.4. The second kappa shape index (κ2) is 16.6. The van der Waals surface area contributed by atoms with E-state index in [1.54, 1.807) is 32.9 Å². The van der Waals surface area contributed by atoms with Crippen LogP contribution in [0.25, 0.3) is 0 Å². The molecule has 1 aliphatic rings.